The highest BCUT2D eigenvalue weighted by Crippen LogP contribution is 2.33. The topological polar surface area (TPSA) is 307 Å². The molecule has 19 heteroatoms. The molecule has 3 rings (SSSR count). The minimum absolute atomic E-state index is 0.221. The lowest BCUT2D eigenvalue weighted by atomic mass is 9.96. The van der Waals surface area contributed by atoms with E-state index >= 15 is 0 Å². The Morgan fingerprint density at radius 2 is 1.01 bits per heavy atom. The maximum atomic E-state index is 13.1. The van der Waals surface area contributed by atoms with E-state index in [4.69, 9.17) is 28.4 Å². The smallest absolute Gasteiger partial charge is 0.220 e. The number of nitrogens with one attached hydrogen (secondary N) is 1. The molecule has 0 spiro atoms. The number of ether oxygens (including phenoxy) is 6. The number of carbonyl (C=O) groups is 1. The number of aliphatic hydroxyl groups excluding tert-OH is 11. The fourth-order valence-electron chi connectivity index (χ4n) is 7.98. The number of hydrogen-bond donors (Lipinski definition) is 12. The minimum atomic E-state index is -1.97. The highest BCUT2D eigenvalue weighted by Gasteiger charge is 2.53. The van der Waals surface area contributed by atoms with Crippen molar-refractivity contribution < 1.29 is 89.4 Å². The van der Waals surface area contributed by atoms with E-state index in [-0.39, 0.29) is 18.9 Å². The summed E-state index contributed by atoms with van der Waals surface area (Å²) in [6.07, 6.45) is 7.09. The van der Waals surface area contributed by atoms with Crippen LogP contribution in [-0.2, 0) is 33.2 Å². The van der Waals surface area contributed by atoms with Crippen molar-refractivity contribution in [2.75, 3.05) is 26.4 Å². The van der Waals surface area contributed by atoms with E-state index in [2.05, 4.69) is 79.9 Å². The van der Waals surface area contributed by atoms with E-state index in [9.17, 15) is 61.0 Å². The van der Waals surface area contributed by atoms with Gasteiger partial charge in [0.05, 0.1) is 38.6 Å². The van der Waals surface area contributed by atoms with E-state index in [1.54, 1.807) is 0 Å². The molecule has 3 heterocycles. The monoisotopic (exact) mass is 974 g/mol. The van der Waals surface area contributed by atoms with Gasteiger partial charge in [0.1, 0.15) is 73.2 Å². The third-order valence-electron chi connectivity index (χ3n) is 12.1. The molecule has 3 aliphatic heterocycles. The molecule has 0 radical (unpaired) electrons. The average molecular weight is 974 g/mol. The van der Waals surface area contributed by atoms with Gasteiger partial charge in [0, 0.05) is 6.42 Å². The standard InChI is InChI=1S/C49H83NO18/c1-3-5-7-9-10-11-12-13-14-15-16-17-18-19-20-21-22-23-25-27-37(55)50-32(33(54)26-24-8-6-4-2)31-63-47-43(61)40(58)45(35(29-52)65-47)68-49-44(62)41(59)46(36(30-53)66-49)67-48-42(60)39(57)38(56)34(28-51)64-48/h5,7,10-11,13-14,16-17,19-20,32-36,38-49,51-54,56-62H,3-4,6,8-9,12,15,18,21-31H2,1-2H3,(H,50,55)/b7-5-,11-10-,14-13-,17-16-,20-19-. The lowest BCUT2D eigenvalue weighted by Crippen LogP contribution is -2.66. The quantitative estimate of drug-likeness (QED) is 0.0330. The van der Waals surface area contributed by atoms with Crippen LogP contribution < -0.4 is 5.32 Å². The van der Waals surface area contributed by atoms with Gasteiger partial charge in [-0.25, -0.2) is 0 Å². The predicted octanol–water partition coefficient (Wildman–Crippen LogP) is 0.969. The zero-order valence-electron chi connectivity index (χ0n) is 39.8. The Kier molecular flexibility index (Phi) is 29.9. The van der Waals surface area contributed by atoms with Crippen molar-refractivity contribution in [3.05, 3.63) is 60.8 Å². The van der Waals surface area contributed by atoms with E-state index in [1.165, 1.54) is 0 Å². The van der Waals surface area contributed by atoms with Crippen LogP contribution >= 0.6 is 0 Å². The highest BCUT2D eigenvalue weighted by molar-refractivity contribution is 5.76. The second kappa shape index (κ2) is 34.0. The molecule has 17 atom stereocenters. The van der Waals surface area contributed by atoms with Crippen LogP contribution in [0.1, 0.15) is 110 Å². The van der Waals surface area contributed by atoms with Crippen molar-refractivity contribution in [2.24, 2.45) is 0 Å². The molecule has 1 amide bonds. The predicted molar refractivity (Wildman–Crippen MR) is 249 cm³/mol. The fraction of sp³-hybridized carbons (Fsp3) is 0.776. The van der Waals surface area contributed by atoms with Crippen molar-refractivity contribution in [3.63, 3.8) is 0 Å². The second-order valence-electron chi connectivity index (χ2n) is 17.5. The summed E-state index contributed by atoms with van der Waals surface area (Å²) in [6.45, 7) is 1.45. The van der Waals surface area contributed by atoms with E-state index < -0.39 is 124 Å². The Labute approximate surface area is 401 Å². The third kappa shape index (κ3) is 19.9. The first-order valence-electron chi connectivity index (χ1n) is 24.5. The van der Waals surface area contributed by atoms with Crippen LogP contribution in [0.2, 0.25) is 0 Å². The maximum absolute atomic E-state index is 13.1. The normalized spacial score (nSPS) is 33.7. The molecular weight excluding hydrogens is 891 g/mol. The Morgan fingerprint density at radius 1 is 0.544 bits per heavy atom. The Hall–Kier alpha value is -2.51. The van der Waals surface area contributed by atoms with Gasteiger partial charge in [0.15, 0.2) is 18.9 Å². The van der Waals surface area contributed by atoms with Crippen molar-refractivity contribution in [1.29, 1.82) is 0 Å². The number of amides is 1. The molecule has 17 unspecified atom stereocenters. The Morgan fingerprint density at radius 3 is 1.54 bits per heavy atom. The zero-order chi connectivity index (χ0) is 49.8. The maximum Gasteiger partial charge on any atom is 0.220 e. The number of allylic oxidation sites excluding steroid dienone is 10. The molecule has 3 fully saturated rings. The molecule has 3 saturated heterocycles. The van der Waals surface area contributed by atoms with Gasteiger partial charge in [-0.15, -0.1) is 0 Å². The number of carbonyl (C=O) groups excluding carboxylic acids is 1. The lowest BCUT2D eigenvalue weighted by Gasteiger charge is -2.48. The molecule has 392 valence electrons. The molecular formula is C49H83NO18. The largest absolute Gasteiger partial charge is 0.394 e. The first-order valence-corrected chi connectivity index (χ1v) is 24.5. The average Bonchev–Trinajstić information content (AvgIpc) is 3.33. The summed E-state index contributed by atoms with van der Waals surface area (Å²) < 4.78 is 33.9. The fourth-order valence-corrected chi connectivity index (χ4v) is 7.98. The summed E-state index contributed by atoms with van der Waals surface area (Å²) in [5.74, 6) is -0.289. The van der Waals surface area contributed by atoms with Crippen molar-refractivity contribution in [1.82, 2.24) is 5.32 Å². The van der Waals surface area contributed by atoms with E-state index in [1.807, 2.05) is 0 Å². The molecule has 0 aromatic heterocycles. The molecule has 0 aromatic rings. The van der Waals surface area contributed by atoms with Crippen LogP contribution in [0.5, 0.6) is 0 Å². The summed E-state index contributed by atoms with van der Waals surface area (Å²) in [4.78, 5) is 13.1. The van der Waals surface area contributed by atoms with Crippen molar-refractivity contribution >= 4 is 5.91 Å². The minimum Gasteiger partial charge on any atom is -0.394 e. The van der Waals surface area contributed by atoms with Gasteiger partial charge >= 0.3 is 0 Å². The molecule has 3 aliphatic rings. The van der Waals surface area contributed by atoms with Gasteiger partial charge in [-0.05, 0) is 57.8 Å². The van der Waals surface area contributed by atoms with Crippen LogP contribution in [0.3, 0.4) is 0 Å². The van der Waals surface area contributed by atoms with Gasteiger partial charge in [-0.1, -0.05) is 107 Å². The van der Waals surface area contributed by atoms with Gasteiger partial charge < -0.3 is 89.9 Å². The summed E-state index contributed by atoms with van der Waals surface area (Å²) in [7, 11) is 0. The van der Waals surface area contributed by atoms with Gasteiger partial charge in [0.2, 0.25) is 5.91 Å². The first-order chi connectivity index (χ1) is 32.8. The van der Waals surface area contributed by atoms with Crippen LogP contribution in [0.15, 0.2) is 60.8 Å². The molecule has 0 aromatic carbocycles. The number of unbranched alkanes of at least 4 members (excludes halogenated alkanes) is 6. The molecule has 0 aliphatic carbocycles. The van der Waals surface area contributed by atoms with E-state index in [0.717, 1.165) is 70.6 Å². The van der Waals surface area contributed by atoms with Crippen molar-refractivity contribution in [3.8, 4) is 0 Å². The zero-order valence-corrected chi connectivity index (χ0v) is 39.8. The van der Waals surface area contributed by atoms with Gasteiger partial charge in [-0.3, -0.25) is 4.79 Å². The molecule has 0 bridgehead atoms. The number of hydrogen-bond acceptors (Lipinski definition) is 18. The second-order valence-corrected chi connectivity index (χ2v) is 17.5. The number of rotatable bonds is 32. The van der Waals surface area contributed by atoms with Gasteiger partial charge in [0.25, 0.3) is 0 Å². The number of aliphatic hydroxyl groups is 11. The van der Waals surface area contributed by atoms with Gasteiger partial charge in [-0.2, -0.15) is 0 Å². The first kappa shape index (κ1) is 59.8. The van der Waals surface area contributed by atoms with Crippen LogP contribution in [0.25, 0.3) is 0 Å². The van der Waals surface area contributed by atoms with E-state index in [0.29, 0.717) is 19.3 Å². The Bertz CT molecular complexity index is 1490. The van der Waals surface area contributed by atoms with Crippen molar-refractivity contribution in [2.45, 2.75) is 214 Å². The molecule has 0 saturated carbocycles. The summed E-state index contributed by atoms with van der Waals surface area (Å²) in [5.41, 5.74) is 0. The summed E-state index contributed by atoms with van der Waals surface area (Å²) >= 11 is 0. The van der Waals surface area contributed by atoms with Crippen LogP contribution in [0, 0.1) is 0 Å². The molecule has 68 heavy (non-hydrogen) atoms. The Balaban J connectivity index is 1.49. The molecule has 12 N–H and O–H groups in total. The van der Waals surface area contributed by atoms with Crippen LogP contribution in [-0.4, -0.2) is 193 Å². The SMILES string of the molecule is CC/C=C\C/C=C\C/C=C\C/C=C\C/C=C\CCCCCC(=O)NC(COC1OC(CO)C(OC2OC(CO)C(OC3OC(CO)C(O)C(O)C3O)C(O)C2O)C(O)C1O)C(O)CCCCCC. The highest BCUT2D eigenvalue weighted by atomic mass is 16.8. The molecule has 19 nitrogen and oxygen atoms in total. The summed E-state index contributed by atoms with van der Waals surface area (Å²) in [6, 6.07) is -0.902. The lowest BCUT2D eigenvalue weighted by molar-refractivity contribution is -0.379. The summed E-state index contributed by atoms with van der Waals surface area (Å²) in [5, 5.41) is 119. The van der Waals surface area contributed by atoms with Crippen LogP contribution in [0.4, 0.5) is 0 Å². The third-order valence-corrected chi connectivity index (χ3v) is 12.1.